The van der Waals surface area contributed by atoms with Crippen LogP contribution in [0.4, 0.5) is 5.82 Å². The molecule has 1 aromatic carbocycles. The molecular weight excluding hydrogens is 372 g/mol. The highest BCUT2D eigenvalue weighted by Crippen LogP contribution is 2.22. The van der Waals surface area contributed by atoms with Crippen LogP contribution >= 0.6 is 11.8 Å². The Hall–Kier alpha value is -2.12. The number of thioether (sulfide) groups is 1. The van der Waals surface area contributed by atoms with Crippen molar-refractivity contribution in [2.75, 3.05) is 32.1 Å². The van der Waals surface area contributed by atoms with E-state index in [0.717, 1.165) is 53.9 Å². The Kier molecular flexibility index (Phi) is 7.28. The summed E-state index contributed by atoms with van der Waals surface area (Å²) < 4.78 is 5.54. The van der Waals surface area contributed by atoms with E-state index in [1.165, 1.54) is 0 Å². The first kappa shape index (κ1) is 20.6. The van der Waals surface area contributed by atoms with E-state index in [-0.39, 0.29) is 12.0 Å². The molecule has 7 heteroatoms. The zero-order valence-corrected chi connectivity index (χ0v) is 17.6. The largest absolute Gasteiger partial charge is 0.376 e. The van der Waals surface area contributed by atoms with Crippen molar-refractivity contribution in [2.45, 2.75) is 43.2 Å². The Morgan fingerprint density at radius 3 is 2.71 bits per heavy atom. The number of hydrogen-bond acceptors (Lipinski definition) is 6. The number of aromatic nitrogens is 2. The predicted molar refractivity (Wildman–Crippen MR) is 113 cm³/mol. The van der Waals surface area contributed by atoms with Gasteiger partial charge < -0.3 is 15.0 Å². The zero-order valence-electron chi connectivity index (χ0n) is 16.8. The lowest BCUT2D eigenvalue weighted by molar-refractivity contribution is 0.0858. The van der Waals surface area contributed by atoms with Crippen molar-refractivity contribution in [2.24, 2.45) is 0 Å². The summed E-state index contributed by atoms with van der Waals surface area (Å²) in [5.74, 6) is 1.63. The molecule has 1 saturated heterocycles. The number of rotatable bonds is 8. The number of carbonyl (C=O) groups is 1. The molecule has 1 atom stereocenters. The van der Waals surface area contributed by atoms with Gasteiger partial charge in [-0.3, -0.25) is 4.79 Å². The highest BCUT2D eigenvalue weighted by Gasteiger charge is 2.16. The van der Waals surface area contributed by atoms with Gasteiger partial charge in [0.2, 0.25) is 0 Å². The molecule has 0 aliphatic carbocycles. The maximum atomic E-state index is 12.3. The lowest BCUT2D eigenvalue weighted by Crippen LogP contribution is -2.31. The number of anilines is 1. The van der Waals surface area contributed by atoms with E-state index in [4.69, 9.17) is 4.74 Å². The number of hydrogen-bond donors (Lipinski definition) is 1. The van der Waals surface area contributed by atoms with E-state index in [0.29, 0.717) is 12.1 Å². The number of nitrogens with one attached hydrogen (secondary N) is 1. The van der Waals surface area contributed by atoms with Crippen LogP contribution in [0.5, 0.6) is 0 Å². The summed E-state index contributed by atoms with van der Waals surface area (Å²) in [7, 11) is 3.97. The minimum absolute atomic E-state index is 0.0516. The topological polar surface area (TPSA) is 67.4 Å². The maximum Gasteiger partial charge on any atom is 0.251 e. The smallest absolute Gasteiger partial charge is 0.251 e. The third kappa shape index (κ3) is 5.69. The zero-order chi connectivity index (χ0) is 19.9. The minimum Gasteiger partial charge on any atom is -0.376 e. The van der Waals surface area contributed by atoms with Gasteiger partial charge in [-0.1, -0.05) is 30.8 Å². The monoisotopic (exact) mass is 400 g/mol. The Morgan fingerprint density at radius 1 is 1.29 bits per heavy atom. The van der Waals surface area contributed by atoms with Gasteiger partial charge in [0.15, 0.2) is 5.16 Å². The van der Waals surface area contributed by atoms with Crippen molar-refractivity contribution in [3.8, 4) is 0 Å². The second-order valence-electron chi connectivity index (χ2n) is 7.08. The van der Waals surface area contributed by atoms with E-state index < -0.39 is 0 Å². The van der Waals surface area contributed by atoms with Crippen molar-refractivity contribution in [3.63, 3.8) is 0 Å². The molecule has 6 nitrogen and oxygen atoms in total. The van der Waals surface area contributed by atoms with Crippen molar-refractivity contribution in [1.29, 1.82) is 0 Å². The molecule has 0 bridgehead atoms. The second-order valence-corrected chi connectivity index (χ2v) is 8.02. The number of carbonyl (C=O) groups excluding carboxylic acids is 1. The maximum absolute atomic E-state index is 12.3. The first-order chi connectivity index (χ1) is 13.5. The molecule has 0 radical (unpaired) electrons. The van der Waals surface area contributed by atoms with Gasteiger partial charge in [0.05, 0.1) is 6.10 Å². The fourth-order valence-electron chi connectivity index (χ4n) is 2.95. The number of nitrogens with zero attached hydrogens (tertiary/aromatic N) is 3. The van der Waals surface area contributed by atoms with Crippen molar-refractivity contribution in [3.05, 3.63) is 47.2 Å². The Morgan fingerprint density at radius 2 is 2.07 bits per heavy atom. The average Bonchev–Trinajstić information content (AvgIpc) is 3.24. The van der Waals surface area contributed by atoms with Crippen molar-refractivity contribution < 1.29 is 9.53 Å². The van der Waals surface area contributed by atoms with Crippen molar-refractivity contribution in [1.82, 2.24) is 15.3 Å². The molecule has 1 aliphatic heterocycles. The SMILES string of the molecule is CCc1cc(N(C)C)nc(SCc2ccc(C(=O)NC[C@@H]3CCCO3)cc2)n1. The summed E-state index contributed by atoms with van der Waals surface area (Å²) in [5.41, 5.74) is 2.85. The third-order valence-electron chi connectivity index (χ3n) is 4.66. The van der Waals surface area contributed by atoms with Gasteiger partial charge in [-0.15, -0.1) is 0 Å². The van der Waals surface area contributed by atoms with Gasteiger partial charge >= 0.3 is 0 Å². The number of amides is 1. The molecule has 1 N–H and O–H groups in total. The Bertz CT molecular complexity index is 789. The van der Waals surface area contributed by atoms with E-state index in [1.54, 1.807) is 11.8 Å². The van der Waals surface area contributed by atoms with Crippen LogP contribution in [0.1, 0.15) is 41.4 Å². The van der Waals surface area contributed by atoms with Crippen LogP contribution < -0.4 is 10.2 Å². The van der Waals surface area contributed by atoms with Gasteiger partial charge in [0.1, 0.15) is 5.82 Å². The van der Waals surface area contributed by atoms with Gasteiger partial charge in [-0.2, -0.15) is 0 Å². The minimum atomic E-state index is -0.0516. The van der Waals surface area contributed by atoms with Crippen LogP contribution in [0.25, 0.3) is 0 Å². The molecule has 0 saturated carbocycles. The summed E-state index contributed by atoms with van der Waals surface area (Å²) >= 11 is 1.61. The molecule has 2 aromatic rings. The van der Waals surface area contributed by atoms with Crippen LogP contribution in [-0.4, -0.2) is 49.2 Å². The number of ether oxygens (including phenoxy) is 1. The summed E-state index contributed by atoms with van der Waals surface area (Å²) in [6.45, 7) is 3.47. The van der Waals surface area contributed by atoms with Crippen molar-refractivity contribution >= 4 is 23.5 Å². The van der Waals surface area contributed by atoms with E-state index >= 15 is 0 Å². The molecule has 1 aliphatic rings. The highest BCUT2D eigenvalue weighted by atomic mass is 32.2. The van der Waals surface area contributed by atoms with E-state index in [2.05, 4.69) is 22.2 Å². The molecule has 0 spiro atoms. The quantitative estimate of drug-likeness (QED) is 0.542. The molecule has 1 aromatic heterocycles. The molecular formula is C21H28N4O2S. The fraction of sp³-hybridized carbons (Fsp3) is 0.476. The van der Waals surface area contributed by atoms with Crippen LogP contribution in [0.15, 0.2) is 35.5 Å². The normalized spacial score (nSPS) is 16.2. The van der Waals surface area contributed by atoms with Crippen LogP contribution in [-0.2, 0) is 16.9 Å². The second kappa shape index (κ2) is 9.89. The molecule has 150 valence electrons. The van der Waals surface area contributed by atoms with Gasteiger partial charge in [0.25, 0.3) is 5.91 Å². The summed E-state index contributed by atoms with van der Waals surface area (Å²) in [6.07, 6.45) is 3.14. The van der Waals surface area contributed by atoms with Crippen LogP contribution in [0.2, 0.25) is 0 Å². The molecule has 0 unspecified atom stereocenters. The Balaban J connectivity index is 1.55. The lowest BCUT2D eigenvalue weighted by atomic mass is 10.1. The standard InChI is InChI=1S/C21H28N4O2S/c1-4-17-12-19(25(2)3)24-21(23-17)28-14-15-7-9-16(10-8-15)20(26)22-13-18-6-5-11-27-18/h7-10,12,18H,4-6,11,13-14H2,1-3H3,(H,22,26)/t18-/m0/s1. The summed E-state index contributed by atoms with van der Waals surface area (Å²) in [5, 5.41) is 3.73. The highest BCUT2D eigenvalue weighted by molar-refractivity contribution is 7.98. The first-order valence-electron chi connectivity index (χ1n) is 9.72. The first-order valence-corrected chi connectivity index (χ1v) is 10.7. The lowest BCUT2D eigenvalue weighted by Gasteiger charge is -2.13. The van der Waals surface area contributed by atoms with Gasteiger partial charge in [0, 0.05) is 50.3 Å². The predicted octanol–water partition coefficient (Wildman–Crippen LogP) is 3.31. The molecule has 28 heavy (non-hydrogen) atoms. The van der Waals surface area contributed by atoms with Crippen LogP contribution in [0.3, 0.4) is 0 Å². The third-order valence-corrected chi connectivity index (χ3v) is 5.58. The average molecular weight is 401 g/mol. The van der Waals surface area contributed by atoms with E-state index in [1.807, 2.05) is 49.3 Å². The number of aryl methyl sites for hydroxylation is 1. The van der Waals surface area contributed by atoms with Gasteiger partial charge in [-0.05, 0) is 37.0 Å². The molecule has 1 fully saturated rings. The molecule has 1 amide bonds. The summed E-state index contributed by atoms with van der Waals surface area (Å²) in [4.78, 5) is 23.5. The van der Waals surface area contributed by atoms with Crippen LogP contribution in [0, 0.1) is 0 Å². The number of benzene rings is 1. The van der Waals surface area contributed by atoms with E-state index in [9.17, 15) is 4.79 Å². The molecule has 2 heterocycles. The summed E-state index contributed by atoms with van der Waals surface area (Å²) in [6, 6.07) is 9.74. The fourth-order valence-corrected chi connectivity index (χ4v) is 3.78. The Labute approximate surface area is 171 Å². The van der Waals surface area contributed by atoms with Gasteiger partial charge in [-0.25, -0.2) is 9.97 Å². The molecule has 3 rings (SSSR count).